The molecule has 7 heteroatoms. The molecule has 0 aliphatic carbocycles. The van der Waals surface area contributed by atoms with Crippen LogP contribution in [0.2, 0.25) is 0 Å². The lowest BCUT2D eigenvalue weighted by Crippen LogP contribution is -2.11. The Morgan fingerprint density at radius 2 is 1.83 bits per heavy atom. The minimum absolute atomic E-state index is 0.00679. The van der Waals surface area contributed by atoms with Gasteiger partial charge in [-0.1, -0.05) is 36.3 Å². The van der Waals surface area contributed by atoms with Crippen molar-refractivity contribution in [3.63, 3.8) is 0 Å². The zero-order chi connectivity index (χ0) is 22.5. The molecular formula is C23H30O6S. The Morgan fingerprint density at radius 3 is 2.40 bits per heavy atom. The van der Waals surface area contributed by atoms with Crippen molar-refractivity contribution >= 4 is 10.1 Å². The smallest absolute Gasteiger partial charge is 0.339 e. The van der Waals surface area contributed by atoms with Crippen molar-refractivity contribution in [3.8, 4) is 17.2 Å². The van der Waals surface area contributed by atoms with E-state index >= 15 is 0 Å². The van der Waals surface area contributed by atoms with Crippen LogP contribution in [0.4, 0.5) is 0 Å². The second kappa shape index (κ2) is 10.00. The Morgan fingerprint density at radius 1 is 1.20 bits per heavy atom. The fourth-order valence-electron chi connectivity index (χ4n) is 3.12. The number of aryl methyl sites for hydroxylation is 1. The fraction of sp³-hybridized carbons (Fsp3) is 0.391. The van der Waals surface area contributed by atoms with Crippen molar-refractivity contribution in [1.29, 1.82) is 0 Å². The highest BCUT2D eigenvalue weighted by Gasteiger charge is 2.24. The van der Waals surface area contributed by atoms with Crippen LogP contribution >= 0.6 is 0 Å². The van der Waals surface area contributed by atoms with Crippen molar-refractivity contribution in [2.45, 2.75) is 51.3 Å². The largest absolute Gasteiger partial charge is 0.504 e. The van der Waals surface area contributed by atoms with E-state index in [4.69, 9.17) is 14.0 Å². The molecule has 0 heterocycles. The number of ether oxygens (including phenoxy) is 1. The van der Waals surface area contributed by atoms with Gasteiger partial charge < -0.3 is 19.1 Å². The van der Waals surface area contributed by atoms with Crippen LogP contribution in [0.1, 0.15) is 49.3 Å². The number of aliphatic hydroxyl groups is 1. The average molecular weight is 435 g/mol. The van der Waals surface area contributed by atoms with E-state index in [0.29, 0.717) is 24.0 Å². The third-order valence-electron chi connectivity index (χ3n) is 5.07. The Bertz CT molecular complexity index is 1010. The molecule has 0 spiro atoms. The lowest BCUT2D eigenvalue weighted by molar-refractivity contribution is 0.330. The van der Waals surface area contributed by atoms with Crippen molar-refractivity contribution < 1.29 is 27.6 Å². The number of aliphatic hydroxyl groups excluding tert-OH is 1. The molecule has 2 aromatic rings. The summed E-state index contributed by atoms with van der Waals surface area (Å²) in [4.78, 5) is 0.0544. The molecule has 0 saturated carbocycles. The molecule has 30 heavy (non-hydrogen) atoms. The van der Waals surface area contributed by atoms with Crippen LogP contribution in [0.25, 0.3) is 0 Å². The van der Waals surface area contributed by atoms with E-state index in [1.807, 2.05) is 26.8 Å². The topological polar surface area (TPSA) is 93.1 Å². The molecule has 0 bridgehead atoms. The van der Waals surface area contributed by atoms with E-state index in [-0.39, 0.29) is 34.7 Å². The highest BCUT2D eigenvalue weighted by molar-refractivity contribution is 7.87. The van der Waals surface area contributed by atoms with Crippen molar-refractivity contribution in [2.24, 2.45) is 0 Å². The van der Waals surface area contributed by atoms with Gasteiger partial charge in [0.25, 0.3) is 0 Å². The average Bonchev–Trinajstić information content (AvgIpc) is 2.70. The van der Waals surface area contributed by atoms with Crippen molar-refractivity contribution in [2.75, 3.05) is 13.7 Å². The SMILES string of the molecule is COc1c(C)c(OS(=O)(=O)c2ccc(C)cc2)cc(C(C)CCC=C(C)CO)c1O. The summed E-state index contributed by atoms with van der Waals surface area (Å²) in [6.45, 7) is 7.30. The first-order chi connectivity index (χ1) is 14.1. The van der Waals surface area contributed by atoms with Gasteiger partial charge in [-0.05, 0) is 57.7 Å². The van der Waals surface area contributed by atoms with Gasteiger partial charge in [0.2, 0.25) is 0 Å². The molecule has 164 valence electrons. The first-order valence-electron chi connectivity index (χ1n) is 9.78. The molecule has 0 aliphatic rings. The molecule has 0 saturated heterocycles. The van der Waals surface area contributed by atoms with Crippen molar-refractivity contribution in [3.05, 3.63) is 58.7 Å². The predicted molar refractivity (Wildman–Crippen MR) is 117 cm³/mol. The van der Waals surface area contributed by atoms with Gasteiger partial charge in [-0.15, -0.1) is 0 Å². The second-order valence-electron chi connectivity index (χ2n) is 7.51. The normalized spacial score (nSPS) is 13.2. The van der Waals surface area contributed by atoms with E-state index in [2.05, 4.69) is 0 Å². The van der Waals surface area contributed by atoms with E-state index < -0.39 is 10.1 Å². The Labute approximate surface area is 178 Å². The van der Waals surface area contributed by atoms with Gasteiger partial charge in [-0.2, -0.15) is 8.42 Å². The summed E-state index contributed by atoms with van der Waals surface area (Å²) in [6.07, 6.45) is 3.35. The summed E-state index contributed by atoms with van der Waals surface area (Å²) >= 11 is 0. The van der Waals surface area contributed by atoms with E-state index in [1.54, 1.807) is 25.1 Å². The number of aromatic hydroxyl groups is 1. The fourth-order valence-corrected chi connectivity index (χ4v) is 4.10. The number of hydrogen-bond acceptors (Lipinski definition) is 6. The van der Waals surface area contributed by atoms with Crippen LogP contribution in [-0.2, 0) is 10.1 Å². The molecule has 0 fully saturated rings. The molecule has 2 rings (SSSR count). The summed E-state index contributed by atoms with van der Waals surface area (Å²) in [5.41, 5.74) is 2.76. The maximum atomic E-state index is 12.8. The number of hydrogen-bond donors (Lipinski definition) is 2. The maximum absolute atomic E-state index is 12.8. The van der Waals surface area contributed by atoms with Gasteiger partial charge in [-0.3, -0.25) is 0 Å². The minimum atomic E-state index is -4.04. The highest BCUT2D eigenvalue weighted by atomic mass is 32.2. The summed E-state index contributed by atoms with van der Waals surface area (Å²) in [5.74, 6) is 0.196. The van der Waals surface area contributed by atoms with Crippen LogP contribution in [0.5, 0.6) is 17.2 Å². The van der Waals surface area contributed by atoms with Gasteiger partial charge in [0, 0.05) is 11.1 Å². The Hall–Kier alpha value is -2.51. The molecule has 0 radical (unpaired) electrons. The molecular weight excluding hydrogens is 404 g/mol. The molecule has 0 amide bonds. The minimum Gasteiger partial charge on any atom is -0.504 e. The van der Waals surface area contributed by atoms with Gasteiger partial charge in [0.05, 0.1) is 13.7 Å². The number of phenols is 1. The van der Waals surface area contributed by atoms with Crippen molar-refractivity contribution in [1.82, 2.24) is 0 Å². The lowest BCUT2D eigenvalue weighted by Gasteiger charge is -2.20. The quantitative estimate of drug-likeness (QED) is 0.442. The third-order valence-corrected chi connectivity index (χ3v) is 6.32. The number of benzene rings is 2. The van der Waals surface area contributed by atoms with E-state index in [1.165, 1.54) is 19.2 Å². The molecule has 6 nitrogen and oxygen atoms in total. The molecule has 2 N–H and O–H groups in total. The Balaban J connectivity index is 2.40. The maximum Gasteiger partial charge on any atom is 0.339 e. The lowest BCUT2D eigenvalue weighted by atomic mass is 9.93. The van der Waals surface area contributed by atoms with E-state index in [0.717, 1.165) is 11.1 Å². The summed E-state index contributed by atoms with van der Waals surface area (Å²) < 4.78 is 36.3. The number of rotatable bonds is 9. The van der Waals surface area contributed by atoms with Crippen LogP contribution in [-0.4, -0.2) is 32.3 Å². The van der Waals surface area contributed by atoms with Gasteiger partial charge in [0.1, 0.15) is 10.6 Å². The molecule has 1 atom stereocenters. The first-order valence-corrected chi connectivity index (χ1v) is 11.2. The van der Waals surface area contributed by atoms with E-state index in [9.17, 15) is 13.5 Å². The van der Waals surface area contributed by atoms with Crippen LogP contribution in [0.15, 0.2) is 46.9 Å². The summed E-state index contributed by atoms with van der Waals surface area (Å²) in [5, 5.41) is 19.8. The van der Waals surface area contributed by atoms with Crippen LogP contribution in [0.3, 0.4) is 0 Å². The van der Waals surface area contributed by atoms with Crippen LogP contribution < -0.4 is 8.92 Å². The van der Waals surface area contributed by atoms with Gasteiger partial charge in [-0.25, -0.2) is 0 Å². The third kappa shape index (κ3) is 5.55. The monoisotopic (exact) mass is 434 g/mol. The number of allylic oxidation sites excluding steroid dienone is 1. The van der Waals surface area contributed by atoms with Crippen LogP contribution in [0, 0.1) is 13.8 Å². The zero-order valence-electron chi connectivity index (χ0n) is 18.1. The molecule has 1 unspecified atom stereocenters. The Kier molecular flexibility index (Phi) is 7.92. The van der Waals surface area contributed by atoms with Gasteiger partial charge >= 0.3 is 10.1 Å². The highest BCUT2D eigenvalue weighted by Crippen LogP contribution is 2.44. The molecule has 0 aliphatic heterocycles. The van der Waals surface area contributed by atoms with Gasteiger partial charge in [0.15, 0.2) is 11.5 Å². The first kappa shape index (κ1) is 23.8. The standard InChI is InChI=1S/C23H30O6S/c1-15-9-11-19(12-10-15)30(26,27)29-21-13-20(22(25)23(28-5)18(21)4)17(3)8-6-7-16(2)14-24/h7,9-13,17,24-25H,6,8,14H2,1-5H3. The summed E-state index contributed by atoms with van der Waals surface area (Å²) in [6, 6.07) is 7.96. The number of methoxy groups -OCH3 is 1. The second-order valence-corrected chi connectivity index (χ2v) is 9.05. The predicted octanol–water partition coefficient (Wildman–Crippen LogP) is 4.61. The zero-order valence-corrected chi connectivity index (χ0v) is 18.9. The molecule has 2 aromatic carbocycles. The summed E-state index contributed by atoms with van der Waals surface area (Å²) in [7, 11) is -2.62. The molecule has 0 aromatic heterocycles. The number of phenolic OH excluding ortho intramolecular Hbond substituents is 1.